The Balaban J connectivity index is 1.83. The van der Waals surface area contributed by atoms with Gasteiger partial charge in [0.2, 0.25) is 0 Å². The Kier molecular flexibility index (Phi) is 7.52. The molecule has 0 aliphatic rings. The molecule has 2 rings (SSSR count). The van der Waals surface area contributed by atoms with Crippen molar-refractivity contribution in [2.75, 3.05) is 13.2 Å². The van der Waals surface area contributed by atoms with E-state index in [1.165, 1.54) is 24.4 Å². The van der Waals surface area contributed by atoms with Crippen LogP contribution in [-0.2, 0) is 4.79 Å². The molecule has 0 atom stereocenters. The zero-order valence-electron chi connectivity index (χ0n) is 14.7. The number of carbonyl (C=O) groups excluding carboxylic acids is 1. The second-order valence-corrected chi connectivity index (χ2v) is 5.16. The molecule has 1 amide bonds. The number of nitrogens with zero attached hydrogens (tertiary/aromatic N) is 2. The van der Waals surface area contributed by atoms with Crippen molar-refractivity contribution in [3.63, 3.8) is 0 Å². The number of nitro benzene ring substituents is 1. The summed E-state index contributed by atoms with van der Waals surface area (Å²) in [6.07, 6.45) is 4.35. The summed E-state index contributed by atoms with van der Waals surface area (Å²) in [5.41, 5.74) is 2.74. The van der Waals surface area contributed by atoms with Gasteiger partial charge in [-0.05, 0) is 37.3 Å². The third-order valence-electron chi connectivity index (χ3n) is 3.27. The first-order valence-electron chi connectivity index (χ1n) is 8.18. The van der Waals surface area contributed by atoms with Gasteiger partial charge >= 0.3 is 0 Å². The fourth-order valence-corrected chi connectivity index (χ4v) is 2.11. The number of para-hydroxylation sites is 3. The minimum Gasteiger partial charge on any atom is -0.490 e. The summed E-state index contributed by atoms with van der Waals surface area (Å²) in [4.78, 5) is 22.2. The molecule has 2 aromatic rings. The average Bonchev–Trinajstić information content (AvgIpc) is 2.67. The number of amides is 1. The Bertz CT molecular complexity index is 849. The Morgan fingerprint density at radius 3 is 2.52 bits per heavy atom. The van der Waals surface area contributed by atoms with E-state index in [2.05, 4.69) is 10.5 Å². The molecule has 0 fully saturated rings. The van der Waals surface area contributed by atoms with Gasteiger partial charge in [-0.3, -0.25) is 14.9 Å². The van der Waals surface area contributed by atoms with Gasteiger partial charge in [-0.1, -0.05) is 24.3 Å². The van der Waals surface area contributed by atoms with Gasteiger partial charge in [0, 0.05) is 12.3 Å². The van der Waals surface area contributed by atoms with Crippen LogP contribution in [-0.4, -0.2) is 30.3 Å². The lowest BCUT2D eigenvalue weighted by molar-refractivity contribution is -0.385. The van der Waals surface area contributed by atoms with Crippen LogP contribution in [0.15, 0.2) is 59.7 Å². The van der Waals surface area contributed by atoms with Crippen molar-refractivity contribution < 1.29 is 19.2 Å². The lowest BCUT2D eigenvalue weighted by Gasteiger charge is -2.10. The molecule has 0 unspecified atom stereocenters. The molecular formula is C19H19N3O5. The molecule has 2 aromatic carbocycles. The molecule has 1 N–H and O–H groups in total. The molecule has 0 aliphatic carbocycles. The predicted octanol–water partition coefficient (Wildman–Crippen LogP) is 3.19. The van der Waals surface area contributed by atoms with Crippen molar-refractivity contribution in [3.05, 3.63) is 70.3 Å². The van der Waals surface area contributed by atoms with Gasteiger partial charge in [0.1, 0.15) is 0 Å². The Morgan fingerprint density at radius 1 is 1.15 bits per heavy atom. The molecule has 0 aliphatic heterocycles. The second-order valence-electron chi connectivity index (χ2n) is 5.16. The van der Waals surface area contributed by atoms with Crippen LogP contribution in [0.3, 0.4) is 0 Å². The Morgan fingerprint density at radius 2 is 1.81 bits per heavy atom. The molecule has 0 saturated heterocycles. The molecule has 8 heteroatoms. The molecular weight excluding hydrogens is 350 g/mol. The van der Waals surface area contributed by atoms with Gasteiger partial charge in [-0.25, -0.2) is 5.43 Å². The first-order chi connectivity index (χ1) is 13.1. The number of allylic oxidation sites excluding steroid dienone is 1. The normalized spacial score (nSPS) is 10.9. The standard InChI is InChI=1S/C19H19N3O5/c1-2-26-17-11-5-6-12-18(17)27-14-19(23)21-20-13-7-9-15-8-3-4-10-16(15)22(24)25/h3-13H,2,14H2,1H3,(H,21,23)/b9-7+,20-13-. The number of carbonyl (C=O) groups is 1. The van der Waals surface area contributed by atoms with Gasteiger partial charge in [0.25, 0.3) is 11.6 Å². The lowest BCUT2D eigenvalue weighted by Crippen LogP contribution is -2.24. The summed E-state index contributed by atoms with van der Waals surface area (Å²) in [7, 11) is 0. The molecule has 27 heavy (non-hydrogen) atoms. The summed E-state index contributed by atoms with van der Waals surface area (Å²) < 4.78 is 10.8. The highest BCUT2D eigenvalue weighted by Gasteiger charge is 2.09. The summed E-state index contributed by atoms with van der Waals surface area (Å²) in [5.74, 6) is 0.579. The number of nitrogens with one attached hydrogen (secondary N) is 1. The molecule has 0 aromatic heterocycles. The van der Waals surface area contributed by atoms with Gasteiger partial charge in [-0.2, -0.15) is 5.10 Å². The first kappa shape index (κ1) is 19.6. The molecule has 0 spiro atoms. The number of ether oxygens (including phenoxy) is 2. The fourth-order valence-electron chi connectivity index (χ4n) is 2.11. The maximum atomic E-state index is 11.8. The van der Waals surface area contributed by atoms with Crippen molar-refractivity contribution >= 4 is 23.9 Å². The highest BCUT2D eigenvalue weighted by Crippen LogP contribution is 2.26. The van der Waals surface area contributed by atoms with Gasteiger partial charge in [0.15, 0.2) is 18.1 Å². The fraction of sp³-hybridized carbons (Fsp3) is 0.158. The van der Waals surface area contributed by atoms with Crippen LogP contribution in [0, 0.1) is 10.1 Å². The van der Waals surface area contributed by atoms with Crippen LogP contribution in [0.1, 0.15) is 12.5 Å². The third kappa shape index (κ3) is 6.28. The third-order valence-corrected chi connectivity index (χ3v) is 3.27. The van der Waals surface area contributed by atoms with E-state index >= 15 is 0 Å². The van der Waals surface area contributed by atoms with Crippen molar-refractivity contribution in [2.24, 2.45) is 5.10 Å². The number of hydrogen-bond donors (Lipinski definition) is 1. The van der Waals surface area contributed by atoms with Gasteiger partial charge in [-0.15, -0.1) is 0 Å². The van der Waals surface area contributed by atoms with Crippen molar-refractivity contribution in [3.8, 4) is 11.5 Å². The maximum absolute atomic E-state index is 11.8. The zero-order chi connectivity index (χ0) is 19.5. The van der Waals surface area contributed by atoms with Crippen LogP contribution in [0.5, 0.6) is 11.5 Å². The molecule has 0 radical (unpaired) electrons. The number of hydrogen-bond acceptors (Lipinski definition) is 6. The highest BCUT2D eigenvalue weighted by molar-refractivity contribution is 5.82. The van der Waals surface area contributed by atoms with Gasteiger partial charge < -0.3 is 9.47 Å². The maximum Gasteiger partial charge on any atom is 0.277 e. The summed E-state index contributed by atoms with van der Waals surface area (Å²) in [6, 6.07) is 13.4. The number of nitro groups is 1. The van der Waals surface area contributed by atoms with Crippen LogP contribution in [0.2, 0.25) is 0 Å². The molecule has 0 saturated carbocycles. The number of rotatable bonds is 9. The van der Waals surface area contributed by atoms with E-state index in [0.717, 1.165) is 0 Å². The smallest absolute Gasteiger partial charge is 0.277 e. The highest BCUT2D eigenvalue weighted by atomic mass is 16.6. The SMILES string of the molecule is CCOc1ccccc1OCC(=O)N/N=C\C=C\c1ccccc1[N+](=O)[O-]. The van der Waals surface area contributed by atoms with Crippen LogP contribution in [0.25, 0.3) is 6.08 Å². The largest absolute Gasteiger partial charge is 0.490 e. The van der Waals surface area contributed by atoms with Crippen molar-refractivity contribution in [2.45, 2.75) is 6.92 Å². The van der Waals surface area contributed by atoms with E-state index in [9.17, 15) is 14.9 Å². The zero-order valence-corrected chi connectivity index (χ0v) is 14.7. The van der Waals surface area contributed by atoms with Gasteiger partial charge in [0.05, 0.1) is 17.1 Å². The quantitative estimate of drug-likeness (QED) is 0.415. The van der Waals surface area contributed by atoms with Crippen LogP contribution < -0.4 is 14.9 Å². The second kappa shape index (κ2) is 10.3. The molecule has 8 nitrogen and oxygen atoms in total. The average molecular weight is 369 g/mol. The topological polar surface area (TPSA) is 103 Å². The van der Waals surface area contributed by atoms with E-state index in [-0.39, 0.29) is 12.3 Å². The summed E-state index contributed by atoms with van der Waals surface area (Å²) in [5, 5.41) is 14.7. The predicted molar refractivity (Wildman–Crippen MR) is 102 cm³/mol. The summed E-state index contributed by atoms with van der Waals surface area (Å²) >= 11 is 0. The van der Waals surface area contributed by atoms with E-state index in [4.69, 9.17) is 9.47 Å². The first-order valence-corrected chi connectivity index (χ1v) is 8.18. The van der Waals surface area contributed by atoms with E-state index in [1.807, 2.05) is 13.0 Å². The van der Waals surface area contributed by atoms with E-state index < -0.39 is 10.8 Å². The minimum absolute atomic E-state index is 0.00690. The monoisotopic (exact) mass is 369 g/mol. The summed E-state index contributed by atoms with van der Waals surface area (Å²) in [6.45, 7) is 2.12. The van der Waals surface area contributed by atoms with Crippen molar-refractivity contribution in [1.82, 2.24) is 5.43 Å². The molecule has 140 valence electrons. The minimum atomic E-state index is -0.462. The van der Waals surface area contributed by atoms with E-state index in [0.29, 0.717) is 23.7 Å². The van der Waals surface area contributed by atoms with E-state index in [1.54, 1.807) is 36.4 Å². The Hall–Kier alpha value is -3.68. The van der Waals surface area contributed by atoms with Crippen molar-refractivity contribution in [1.29, 1.82) is 0 Å². The molecule has 0 bridgehead atoms. The lowest BCUT2D eigenvalue weighted by atomic mass is 10.2. The Labute approximate surface area is 156 Å². The molecule has 0 heterocycles. The number of hydrazone groups is 1. The van der Waals surface area contributed by atoms with Crippen LogP contribution >= 0.6 is 0 Å². The van der Waals surface area contributed by atoms with Crippen LogP contribution in [0.4, 0.5) is 5.69 Å². The number of benzene rings is 2.